The molecule has 1 fully saturated rings. The molecule has 0 unspecified atom stereocenters. The molecular formula is C35H57ClN2O8. The average molecular weight is 669 g/mol. The van der Waals surface area contributed by atoms with Gasteiger partial charge in [0.2, 0.25) is 5.91 Å². The van der Waals surface area contributed by atoms with Gasteiger partial charge in [0.1, 0.15) is 19.1 Å². The second-order valence-electron chi connectivity index (χ2n) is 13.6. The zero-order chi connectivity index (χ0) is 34.4. The number of carbonyl (C=O) groups is 3. The van der Waals surface area contributed by atoms with Crippen molar-refractivity contribution in [3.8, 4) is 11.5 Å². The van der Waals surface area contributed by atoms with Crippen molar-refractivity contribution in [2.75, 3.05) is 46.7 Å². The maximum absolute atomic E-state index is 13.5. The van der Waals surface area contributed by atoms with Crippen LogP contribution in [0, 0.1) is 29.1 Å². The first-order valence-electron chi connectivity index (χ1n) is 16.5. The third kappa shape index (κ3) is 11.9. The number of nitrogens with zero attached hydrogens (tertiary/aromatic N) is 1. The van der Waals surface area contributed by atoms with Crippen LogP contribution in [0.2, 0.25) is 0 Å². The number of carbonyl (C=O) groups excluding carboxylic acids is 3. The minimum Gasteiger partial charge on any atom is -0.493 e. The number of methoxy groups -OCH3 is 2. The maximum atomic E-state index is 13.5. The lowest BCUT2D eigenvalue weighted by Gasteiger charge is -2.33. The highest BCUT2D eigenvalue weighted by Crippen LogP contribution is 2.36. The third-order valence-electron chi connectivity index (χ3n) is 9.13. The standard InChI is InChI=1S/C35H57ClN2O8/c1-23(2)26(18-25-10-11-30(43-8)32(19-25)44-16-9-15-42-7)20-28-31(46-22-38(28)34(41)45-17-14-36)21-27(24(3)4)29(39)12-13-35(5,6)33(37)40/h10-11,19,23-24,26-28,31H,9,12-18,20-22H2,1-8H3,(H2,37,40)/t26-,27-,28-,31-/m0/s1. The second-order valence-corrected chi connectivity index (χ2v) is 14.0. The van der Waals surface area contributed by atoms with E-state index in [-0.39, 0.29) is 67.2 Å². The van der Waals surface area contributed by atoms with Crippen molar-refractivity contribution in [2.45, 2.75) is 92.2 Å². The summed E-state index contributed by atoms with van der Waals surface area (Å²) in [6, 6.07) is 5.70. The Morgan fingerprint density at radius 2 is 1.76 bits per heavy atom. The van der Waals surface area contributed by atoms with Gasteiger partial charge in [0, 0.05) is 37.9 Å². The fraction of sp³-hybridized carbons (Fsp3) is 0.743. The van der Waals surface area contributed by atoms with Gasteiger partial charge in [-0.05, 0) is 61.1 Å². The summed E-state index contributed by atoms with van der Waals surface area (Å²) in [6.07, 6.45) is 2.43. The maximum Gasteiger partial charge on any atom is 0.411 e. The van der Waals surface area contributed by atoms with E-state index >= 15 is 0 Å². The van der Waals surface area contributed by atoms with Gasteiger partial charge in [0.25, 0.3) is 0 Å². The summed E-state index contributed by atoms with van der Waals surface area (Å²) >= 11 is 5.82. The van der Waals surface area contributed by atoms with Gasteiger partial charge in [0.05, 0.1) is 31.7 Å². The summed E-state index contributed by atoms with van der Waals surface area (Å²) in [4.78, 5) is 40.2. The normalized spacial score (nSPS) is 18.1. The average Bonchev–Trinajstić information content (AvgIpc) is 3.41. The summed E-state index contributed by atoms with van der Waals surface area (Å²) in [6.45, 7) is 13.2. The van der Waals surface area contributed by atoms with Crippen LogP contribution in [0.15, 0.2) is 18.2 Å². The number of primary amides is 1. The van der Waals surface area contributed by atoms with Crippen molar-refractivity contribution >= 4 is 29.4 Å². The number of halogens is 1. The van der Waals surface area contributed by atoms with E-state index in [0.29, 0.717) is 44.0 Å². The van der Waals surface area contributed by atoms with Gasteiger partial charge in [-0.1, -0.05) is 47.6 Å². The van der Waals surface area contributed by atoms with Crippen LogP contribution in [0.5, 0.6) is 11.5 Å². The van der Waals surface area contributed by atoms with Crippen LogP contribution in [-0.2, 0) is 30.2 Å². The number of benzene rings is 1. The Morgan fingerprint density at radius 3 is 2.35 bits per heavy atom. The first-order valence-corrected chi connectivity index (χ1v) is 17.0. The number of hydrogen-bond acceptors (Lipinski definition) is 8. The molecule has 2 rings (SSSR count). The molecule has 0 radical (unpaired) electrons. The minimum atomic E-state index is -0.771. The Balaban J connectivity index is 2.31. The lowest BCUT2D eigenvalue weighted by Crippen LogP contribution is -2.43. The molecule has 4 atom stereocenters. The molecule has 0 saturated carbocycles. The minimum absolute atomic E-state index is 0.0493. The van der Waals surface area contributed by atoms with Crippen LogP contribution in [0.4, 0.5) is 4.79 Å². The number of ether oxygens (including phenoxy) is 5. The Hall–Kier alpha value is -2.56. The summed E-state index contributed by atoms with van der Waals surface area (Å²) in [5, 5.41) is 0. The van der Waals surface area contributed by atoms with Crippen molar-refractivity contribution in [3.63, 3.8) is 0 Å². The van der Waals surface area contributed by atoms with Crippen LogP contribution >= 0.6 is 11.6 Å². The molecule has 46 heavy (non-hydrogen) atoms. The topological polar surface area (TPSA) is 127 Å². The number of amides is 2. The molecule has 1 aliphatic rings. The van der Waals surface area contributed by atoms with Crippen molar-refractivity contribution in [1.82, 2.24) is 4.90 Å². The highest BCUT2D eigenvalue weighted by atomic mass is 35.5. The van der Waals surface area contributed by atoms with Crippen LogP contribution < -0.4 is 15.2 Å². The number of Topliss-reactive ketones (excluding diaryl/α,β-unsaturated/α-hetero) is 1. The largest absolute Gasteiger partial charge is 0.493 e. The number of alkyl halides is 1. The van der Waals surface area contributed by atoms with E-state index in [1.165, 1.54) is 0 Å². The zero-order valence-corrected chi connectivity index (χ0v) is 29.9. The zero-order valence-electron chi connectivity index (χ0n) is 29.1. The van der Waals surface area contributed by atoms with Crippen molar-refractivity contribution in [2.24, 2.45) is 34.8 Å². The smallest absolute Gasteiger partial charge is 0.411 e. The van der Waals surface area contributed by atoms with E-state index in [4.69, 9.17) is 41.0 Å². The molecule has 1 saturated heterocycles. The number of nitrogens with two attached hydrogens (primary N) is 1. The van der Waals surface area contributed by atoms with E-state index < -0.39 is 17.4 Å². The summed E-state index contributed by atoms with van der Waals surface area (Å²) < 4.78 is 28.4. The quantitative estimate of drug-likeness (QED) is 0.121. The van der Waals surface area contributed by atoms with Gasteiger partial charge >= 0.3 is 6.09 Å². The molecule has 1 heterocycles. The van der Waals surface area contributed by atoms with Gasteiger partial charge in [-0.15, -0.1) is 11.6 Å². The molecule has 1 aliphatic heterocycles. The number of ketones is 1. The van der Waals surface area contributed by atoms with Crippen molar-refractivity contribution in [3.05, 3.63) is 23.8 Å². The van der Waals surface area contributed by atoms with Gasteiger partial charge in [-0.3, -0.25) is 14.5 Å². The molecule has 262 valence electrons. The van der Waals surface area contributed by atoms with Crippen LogP contribution in [0.3, 0.4) is 0 Å². The second kappa shape index (κ2) is 19.3. The van der Waals surface area contributed by atoms with Gasteiger partial charge in [-0.25, -0.2) is 4.79 Å². The Morgan fingerprint density at radius 1 is 1.04 bits per heavy atom. The van der Waals surface area contributed by atoms with Gasteiger partial charge in [0.15, 0.2) is 11.5 Å². The predicted octanol–water partition coefficient (Wildman–Crippen LogP) is 6.24. The summed E-state index contributed by atoms with van der Waals surface area (Å²) in [5.74, 6) is 1.42. The number of hydrogen-bond donors (Lipinski definition) is 1. The first-order chi connectivity index (χ1) is 21.7. The van der Waals surface area contributed by atoms with E-state index in [1.807, 2.05) is 32.0 Å². The first kappa shape index (κ1) is 39.6. The molecule has 2 N–H and O–H groups in total. The van der Waals surface area contributed by atoms with Crippen molar-refractivity contribution < 1.29 is 38.1 Å². The van der Waals surface area contributed by atoms with E-state index in [1.54, 1.807) is 33.0 Å². The lowest BCUT2D eigenvalue weighted by atomic mass is 9.78. The van der Waals surface area contributed by atoms with Crippen molar-refractivity contribution in [1.29, 1.82) is 0 Å². The molecule has 2 amide bonds. The molecule has 10 nitrogen and oxygen atoms in total. The van der Waals surface area contributed by atoms with Crippen LogP contribution in [0.25, 0.3) is 0 Å². The molecule has 0 aromatic heterocycles. The number of rotatable bonds is 21. The Kier molecular flexibility index (Phi) is 16.6. The molecular weight excluding hydrogens is 612 g/mol. The SMILES string of the molecule is COCCCOc1cc(C[C@@H](C[C@H]2[C@H](C[C@H](C(=O)CCC(C)(C)C(N)=O)C(C)C)OCN2C(=O)OCCCl)C(C)C)ccc1OC. The Bertz CT molecular complexity index is 1110. The predicted molar refractivity (Wildman–Crippen MR) is 179 cm³/mol. The molecule has 0 spiro atoms. The van der Waals surface area contributed by atoms with Crippen LogP contribution in [0.1, 0.15) is 79.2 Å². The van der Waals surface area contributed by atoms with E-state index in [9.17, 15) is 14.4 Å². The molecule has 0 aliphatic carbocycles. The Labute approximate surface area is 280 Å². The molecule has 11 heteroatoms. The van der Waals surface area contributed by atoms with Gasteiger partial charge in [-0.2, -0.15) is 0 Å². The molecule has 0 bridgehead atoms. The fourth-order valence-electron chi connectivity index (χ4n) is 5.80. The van der Waals surface area contributed by atoms with Crippen LogP contribution in [-0.4, -0.2) is 81.5 Å². The third-order valence-corrected chi connectivity index (χ3v) is 9.28. The summed E-state index contributed by atoms with van der Waals surface area (Å²) in [5.41, 5.74) is 5.88. The van der Waals surface area contributed by atoms with Gasteiger partial charge < -0.3 is 29.4 Å². The monoisotopic (exact) mass is 668 g/mol. The molecule has 1 aromatic rings. The summed E-state index contributed by atoms with van der Waals surface area (Å²) in [7, 11) is 3.29. The fourth-order valence-corrected chi connectivity index (χ4v) is 5.88. The highest BCUT2D eigenvalue weighted by Gasteiger charge is 2.43. The highest BCUT2D eigenvalue weighted by molar-refractivity contribution is 6.18. The van der Waals surface area contributed by atoms with E-state index in [0.717, 1.165) is 18.4 Å². The van der Waals surface area contributed by atoms with E-state index in [2.05, 4.69) is 13.8 Å². The lowest BCUT2D eigenvalue weighted by molar-refractivity contribution is -0.129. The molecule has 1 aromatic carbocycles.